The molecule has 0 radical (unpaired) electrons. The summed E-state index contributed by atoms with van der Waals surface area (Å²) in [5, 5.41) is 10.8. The van der Waals surface area contributed by atoms with Crippen molar-refractivity contribution in [2.75, 3.05) is 20.3 Å². The Kier molecular flexibility index (Phi) is 3.89. The Morgan fingerprint density at radius 1 is 1.47 bits per heavy atom. The van der Waals surface area contributed by atoms with Gasteiger partial charge in [-0.25, -0.2) is 0 Å². The number of methoxy groups -OCH3 is 1. The smallest absolute Gasteiger partial charge is 0.246 e. The van der Waals surface area contributed by atoms with E-state index in [0.717, 1.165) is 0 Å². The van der Waals surface area contributed by atoms with Crippen LogP contribution in [0.5, 0.6) is 17.2 Å². The molecule has 0 N–H and O–H groups in total. The molecule has 0 aromatic heterocycles. The Bertz CT molecular complexity index is 507. The average Bonchev–Trinajstić information content (AvgIpc) is 2.43. The van der Waals surface area contributed by atoms with Crippen molar-refractivity contribution in [1.29, 1.82) is 0 Å². The second-order valence-corrected chi connectivity index (χ2v) is 3.99. The molecule has 1 heterocycles. The van der Waals surface area contributed by atoms with E-state index in [4.69, 9.17) is 14.2 Å². The Morgan fingerprint density at radius 3 is 2.84 bits per heavy atom. The molecule has 6 heteroatoms. The van der Waals surface area contributed by atoms with E-state index in [1.807, 2.05) is 0 Å². The standard InChI is InChI=1S/C13H15NO5/c1-3-10(14(15)16)6-9-7-11(17-2)13-12(8-9)18-4-5-19-13/h6-8H,3-5H2,1-2H3. The van der Waals surface area contributed by atoms with Gasteiger partial charge in [-0.15, -0.1) is 0 Å². The highest BCUT2D eigenvalue weighted by molar-refractivity contribution is 5.63. The first-order valence-corrected chi connectivity index (χ1v) is 5.98. The van der Waals surface area contributed by atoms with E-state index in [-0.39, 0.29) is 10.6 Å². The molecular formula is C13H15NO5. The Morgan fingerprint density at radius 2 is 2.21 bits per heavy atom. The minimum Gasteiger partial charge on any atom is -0.493 e. The van der Waals surface area contributed by atoms with Gasteiger partial charge in [-0.05, 0) is 17.7 Å². The number of fused-ring (bicyclic) bond motifs is 1. The fourth-order valence-electron chi connectivity index (χ4n) is 1.85. The zero-order chi connectivity index (χ0) is 13.8. The van der Waals surface area contributed by atoms with Crippen LogP contribution in [-0.4, -0.2) is 25.2 Å². The normalized spacial score (nSPS) is 14.1. The van der Waals surface area contributed by atoms with Crippen molar-refractivity contribution in [3.63, 3.8) is 0 Å². The Hall–Kier alpha value is -2.24. The number of allylic oxidation sites excluding steroid dienone is 1. The number of hydrogen-bond acceptors (Lipinski definition) is 5. The Labute approximate surface area is 110 Å². The van der Waals surface area contributed by atoms with Crippen LogP contribution in [0.25, 0.3) is 6.08 Å². The molecule has 6 nitrogen and oxygen atoms in total. The summed E-state index contributed by atoms with van der Waals surface area (Å²) in [6.45, 7) is 2.66. The van der Waals surface area contributed by atoms with E-state index in [1.165, 1.54) is 13.2 Å². The van der Waals surface area contributed by atoms with Crippen LogP contribution in [0, 0.1) is 10.1 Å². The third kappa shape index (κ3) is 2.78. The van der Waals surface area contributed by atoms with Crippen LogP contribution in [-0.2, 0) is 0 Å². The minimum absolute atomic E-state index is 0.138. The predicted molar refractivity (Wildman–Crippen MR) is 69.2 cm³/mol. The Balaban J connectivity index is 2.45. The summed E-state index contributed by atoms with van der Waals surface area (Å²) in [5.74, 6) is 1.61. The fourth-order valence-corrected chi connectivity index (χ4v) is 1.85. The summed E-state index contributed by atoms with van der Waals surface area (Å²) >= 11 is 0. The molecule has 0 saturated heterocycles. The lowest BCUT2D eigenvalue weighted by Crippen LogP contribution is -2.16. The molecule has 0 unspecified atom stereocenters. The van der Waals surface area contributed by atoms with Crippen molar-refractivity contribution >= 4 is 6.08 Å². The largest absolute Gasteiger partial charge is 0.493 e. The minimum atomic E-state index is -0.386. The van der Waals surface area contributed by atoms with Gasteiger partial charge in [0.15, 0.2) is 11.5 Å². The highest BCUT2D eigenvalue weighted by Crippen LogP contribution is 2.40. The molecule has 0 atom stereocenters. The monoisotopic (exact) mass is 265 g/mol. The van der Waals surface area contributed by atoms with E-state index < -0.39 is 0 Å². The second-order valence-electron chi connectivity index (χ2n) is 3.99. The molecule has 0 spiro atoms. The van der Waals surface area contributed by atoms with Gasteiger partial charge in [0.25, 0.3) is 0 Å². The molecule has 102 valence electrons. The molecule has 19 heavy (non-hydrogen) atoms. The third-order valence-corrected chi connectivity index (χ3v) is 2.78. The van der Waals surface area contributed by atoms with Crippen molar-refractivity contribution in [1.82, 2.24) is 0 Å². The van der Waals surface area contributed by atoms with Crippen LogP contribution < -0.4 is 14.2 Å². The highest BCUT2D eigenvalue weighted by Gasteiger charge is 2.19. The molecule has 0 fully saturated rings. The molecule has 2 rings (SSSR count). The van der Waals surface area contributed by atoms with Crippen molar-refractivity contribution in [2.45, 2.75) is 13.3 Å². The highest BCUT2D eigenvalue weighted by atomic mass is 16.6. The molecule has 1 aromatic rings. The molecule has 0 saturated carbocycles. The number of nitrogens with zero attached hydrogens (tertiary/aromatic N) is 1. The van der Waals surface area contributed by atoms with Crippen molar-refractivity contribution in [3.8, 4) is 17.2 Å². The lowest BCUT2D eigenvalue weighted by atomic mass is 10.1. The van der Waals surface area contributed by atoms with Crippen LogP contribution in [0.4, 0.5) is 0 Å². The zero-order valence-corrected chi connectivity index (χ0v) is 10.8. The first kappa shape index (κ1) is 13.2. The number of ether oxygens (including phenoxy) is 3. The quantitative estimate of drug-likeness (QED) is 0.618. The maximum atomic E-state index is 10.8. The van der Waals surface area contributed by atoms with Gasteiger partial charge in [0.2, 0.25) is 11.4 Å². The predicted octanol–water partition coefficient (Wildman–Crippen LogP) is 2.49. The van der Waals surface area contributed by atoms with Gasteiger partial charge in [-0.1, -0.05) is 6.92 Å². The lowest BCUT2D eigenvalue weighted by molar-refractivity contribution is -0.425. The fraction of sp³-hybridized carbons (Fsp3) is 0.385. The van der Waals surface area contributed by atoms with Gasteiger partial charge in [0.1, 0.15) is 13.2 Å². The van der Waals surface area contributed by atoms with Crippen molar-refractivity contribution < 1.29 is 19.1 Å². The molecule has 0 aliphatic carbocycles. The topological polar surface area (TPSA) is 70.8 Å². The van der Waals surface area contributed by atoms with Gasteiger partial charge in [-0.2, -0.15) is 0 Å². The maximum absolute atomic E-state index is 10.8. The molecule has 1 aliphatic heterocycles. The molecule has 0 bridgehead atoms. The van der Waals surface area contributed by atoms with Crippen LogP contribution in [0.2, 0.25) is 0 Å². The first-order valence-electron chi connectivity index (χ1n) is 5.98. The van der Waals surface area contributed by atoms with Crippen LogP contribution >= 0.6 is 0 Å². The summed E-state index contributed by atoms with van der Waals surface area (Å²) in [7, 11) is 1.52. The molecule has 0 amide bonds. The second kappa shape index (κ2) is 5.60. The molecule has 1 aliphatic rings. The van der Waals surface area contributed by atoms with Gasteiger partial charge >= 0.3 is 0 Å². The number of benzene rings is 1. The lowest BCUT2D eigenvalue weighted by Gasteiger charge is -2.20. The third-order valence-electron chi connectivity index (χ3n) is 2.78. The summed E-state index contributed by atoms with van der Waals surface area (Å²) in [5.41, 5.74) is 0.799. The average molecular weight is 265 g/mol. The van der Waals surface area contributed by atoms with Gasteiger partial charge in [0.05, 0.1) is 12.0 Å². The number of hydrogen-bond donors (Lipinski definition) is 0. The summed E-state index contributed by atoms with van der Waals surface area (Å²) in [6.07, 6.45) is 1.87. The summed E-state index contributed by atoms with van der Waals surface area (Å²) in [6, 6.07) is 3.42. The van der Waals surface area contributed by atoms with E-state index in [0.29, 0.717) is 42.4 Å². The zero-order valence-electron chi connectivity index (χ0n) is 10.8. The number of rotatable bonds is 4. The maximum Gasteiger partial charge on any atom is 0.246 e. The van der Waals surface area contributed by atoms with E-state index in [9.17, 15) is 10.1 Å². The van der Waals surface area contributed by atoms with Gasteiger partial charge < -0.3 is 14.2 Å². The molecule has 1 aromatic carbocycles. The molecular weight excluding hydrogens is 250 g/mol. The van der Waals surface area contributed by atoms with Crippen molar-refractivity contribution in [3.05, 3.63) is 33.5 Å². The number of nitro groups is 1. The van der Waals surface area contributed by atoms with E-state index in [1.54, 1.807) is 19.1 Å². The van der Waals surface area contributed by atoms with Crippen LogP contribution in [0.3, 0.4) is 0 Å². The first-order chi connectivity index (χ1) is 9.15. The van der Waals surface area contributed by atoms with Crippen molar-refractivity contribution in [2.24, 2.45) is 0 Å². The van der Waals surface area contributed by atoms with Gasteiger partial charge in [-0.3, -0.25) is 10.1 Å². The summed E-state index contributed by atoms with van der Waals surface area (Å²) in [4.78, 5) is 10.4. The van der Waals surface area contributed by atoms with Crippen LogP contribution in [0.15, 0.2) is 17.8 Å². The van der Waals surface area contributed by atoms with E-state index in [2.05, 4.69) is 0 Å². The van der Waals surface area contributed by atoms with E-state index >= 15 is 0 Å². The summed E-state index contributed by atoms with van der Waals surface area (Å²) < 4.78 is 16.2. The van der Waals surface area contributed by atoms with Crippen LogP contribution in [0.1, 0.15) is 18.9 Å². The SMILES string of the molecule is CCC(=Cc1cc(OC)c2c(c1)OCCO2)[N+](=O)[O-]. The van der Waals surface area contributed by atoms with Gasteiger partial charge in [0, 0.05) is 12.5 Å².